The fourth-order valence-corrected chi connectivity index (χ4v) is 4.56. The molecule has 0 fully saturated rings. The Bertz CT molecular complexity index is 1080. The second-order valence-corrected chi connectivity index (χ2v) is 10.4. The van der Waals surface area contributed by atoms with Crippen molar-refractivity contribution >= 4 is 50.7 Å². The fourth-order valence-electron chi connectivity index (χ4n) is 3.20. The summed E-state index contributed by atoms with van der Waals surface area (Å²) in [7, 11) is -3.83. The van der Waals surface area contributed by atoms with E-state index in [1.807, 2.05) is 6.92 Å². The number of anilines is 1. The number of benzene rings is 2. The fraction of sp³-hybridized carbons (Fsp3) is 0.391. The van der Waals surface area contributed by atoms with Gasteiger partial charge >= 0.3 is 0 Å². The van der Waals surface area contributed by atoms with Gasteiger partial charge in [0.1, 0.15) is 12.6 Å². The molecule has 0 aliphatic rings. The van der Waals surface area contributed by atoms with Crippen molar-refractivity contribution in [3.05, 3.63) is 64.1 Å². The number of hydrogen-bond donors (Lipinski definition) is 1. The molecule has 2 aromatic rings. The average Bonchev–Trinajstić information content (AvgIpc) is 2.75. The van der Waals surface area contributed by atoms with Gasteiger partial charge in [-0.1, -0.05) is 60.8 Å². The van der Waals surface area contributed by atoms with Crippen molar-refractivity contribution in [2.24, 2.45) is 0 Å². The molecule has 0 heterocycles. The quantitative estimate of drug-likeness (QED) is 0.458. The molecule has 2 amide bonds. The largest absolute Gasteiger partial charge is 0.354 e. The van der Waals surface area contributed by atoms with E-state index < -0.39 is 28.5 Å². The highest BCUT2D eigenvalue weighted by Crippen LogP contribution is 2.27. The number of nitrogens with zero attached hydrogens (tertiary/aromatic N) is 2. The van der Waals surface area contributed by atoms with Crippen molar-refractivity contribution in [2.75, 3.05) is 23.7 Å². The van der Waals surface area contributed by atoms with Crippen LogP contribution in [-0.4, -0.2) is 50.5 Å². The van der Waals surface area contributed by atoms with E-state index in [9.17, 15) is 18.0 Å². The second-order valence-electron chi connectivity index (χ2n) is 7.69. The zero-order valence-electron chi connectivity index (χ0n) is 18.9. The number of halogens is 2. The third kappa shape index (κ3) is 7.91. The predicted molar refractivity (Wildman–Crippen MR) is 133 cm³/mol. The maximum Gasteiger partial charge on any atom is 0.244 e. The summed E-state index contributed by atoms with van der Waals surface area (Å²) in [6.07, 6.45) is 2.74. The maximum absolute atomic E-state index is 13.4. The van der Waals surface area contributed by atoms with E-state index in [1.54, 1.807) is 49.4 Å². The molecule has 0 spiro atoms. The molecule has 0 radical (unpaired) electrons. The molecule has 7 nitrogen and oxygen atoms in total. The molecular formula is C23H29Cl2N3O4S. The van der Waals surface area contributed by atoms with Crippen LogP contribution in [0.5, 0.6) is 0 Å². The summed E-state index contributed by atoms with van der Waals surface area (Å²) in [4.78, 5) is 27.5. The summed E-state index contributed by atoms with van der Waals surface area (Å²) < 4.78 is 26.0. The summed E-state index contributed by atoms with van der Waals surface area (Å²) in [5.41, 5.74) is 0.908. The third-order valence-electron chi connectivity index (χ3n) is 5.04. The van der Waals surface area contributed by atoms with Gasteiger partial charge in [0, 0.05) is 18.1 Å². The van der Waals surface area contributed by atoms with Gasteiger partial charge < -0.3 is 10.2 Å². The third-order valence-corrected chi connectivity index (χ3v) is 6.72. The molecule has 0 aliphatic heterocycles. The molecule has 1 atom stereocenters. The Labute approximate surface area is 205 Å². The number of para-hydroxylation sites is 1. The van der Waals surface area contributed by atoms with Crippen molar-refractivity contribution in [2.45, 2.75) is 39.3 Å². The molecule has 0 saturated heterocycles. The first-order chi connectivity index (χ1) is 15.5. The minimum Gasteiger partial charge on any atom is -0.354 e. The number of sulfonamides is 1. The van der Waals surface area contributed by atoms with Gasteiger partial charge in [-0.05, 0) is 43.2 Å². The molecule has 0 saturated carbocycles. The van der Waals surface area contributed by atoms with E-state index in [1.165, 1.54) is 11.0 Å². The van der Waals surface area contributed by atoms with Gasteiger partial charge in [-0.2, -0.15) is 0 Å². The second kappa shape index (κ2) is 12.3. The topological polar surface area (TPSA) is 86.8 Å². The number of rotatable bonds is 11. The van der Waals surface area contributed by atoms with Crippen LogP contribution in [0.4, 0.5) is 5.69 Å². The zero-order chi connectivity index (χ0) is 24.6. The van der Waals surface area contributed by atoms with Gasteiger partial charge in [0.2, 0.25) is 21.8 Å². The van der Waals surface area contributed by atoms with E-state index in [-0.39, 0.29) is 23.2 Å². The Morgan fingerprint density at radius 2 is 1.79 bits per heavy atom. The van der Waals surface area contributed by atoms with Gasteiger partial charge in [-0.15, -0.1) is 0 Å². The average molecular weight is 514 g/mol. The van der Waals surface area contributed by atoms with Crippen LogP contribution in [0.15, 0.2) is 48.5 Å². The lowest BCUT2D eigenvalue weighted by atomic mass is 10.1. The van der Waals surface area contributed by atoms with Crippen LogP contribution in [0.25, 0.3) is 0 Å². The monoisotopic (exact) mass is 513 g/mol. The summed E-state index contributed by atoms with van der Waals surface area (Å²) in [6, 6.07) is 12.5. The van der Waals surface area contributed by atoms with Crippen LogP contribution in [0, 0.1) is 0 Å². The molecular weight excluding hydrogens is 485 g/mol. The van der Waals surface area contributed by atoms with Gasteiger partial charge in [-0.25, -0.2) is 8.42 Å². The Balaban J connectivity index is 2.36. The Hall–Kier alpha value is -2.29. The van der Waals surface area contributed by atoms with Gasteiger partial charge in [0.05, 0.1) is 17.0 Å². The smallest absolute Gasteiger partial charge is 0.244 e. The lowest BCUT2D eigenvalue weighted by Crippen LogP contribution is -2.51. The van der Waals surface area contributed by atoms with Gasteiger partial charge in [0.15, 0.2) is 0 Å². The van der Waals surface area contributed by atoms with Crippen LogP contribution in [0.2, 0.25) is 10.0 Å². The maximum atomic E-state index is 13.4. The molecule has 33 heavy (non-hydrogen) atoms. The number of hydrogen-bond acceptors (Lipinski definition) is 4. The minimum absolute atomic E-state index is 0.0852. The first-order valence-corrected chi connectivity index (χ1v) is 13.2. The lowest BCUT2D eigenvalue weighted by molar-refractivity contribution is -0.139. The summed E-state index contributed by atoms with van der Waals surface area (Å²) in [6.45, 7) is 3.70. The Kier molecular flexibility index (Phi) is 10.0. The predicted octanol–water partition coefficient (Wildman–Crippen LogP) is 4.09. The summed E-state index contributed by atoms with van der Waals surface area (Å²) in [5.74, 6) is -0.860. The molecule has 0 aliphatic carbocycles. The highest BCUT2D eigenvalue weighted by molar-refractivity contribution is 7.92. The normalized spacial score (nSPS) is 12.2. The first kappa shape index (κ1) is 27.0. The highest BCUT2D eigenvalue weighted by atomic mass is 35.5. The molecule has 0 bridgehead atoms. The number of carbonyl (C=O) groups excluding carboxylic acids is 2. The van der Waals surface area contributed by atoms with Crippen molar-refractivity contribution < 1.29 is 18.0 Å². The van der Waals surface area contributed by atoms with E-state index in [0.717, 1.165) is 23.4 Å². The molecule has 1 N–H and O–H groups in total. The van der Waals surface area contributed by atoms with Gasteiger partial charge in [0.25, 0.3) is 0 Å². The van der Waals surface area contributed by atoms with Crippen LogP contribution >= 0.6 is 23.2 Å². The van der Waals surface area contributed by atoms with Gasteiger partial charge in [-0.3, -0.25) is 13.9 Å². The molecule has 0 aromatic heterocycles. The van der Waals surface area contributed by atoms with E-state index in [2.05, 4.69) is 5.32 Å². The molecule has 10 heteroatoms. The first-order valence-electron chi connectivity index (χ1n) is 10.6. The van der Waals surface area contributed by atoms with Crippen molar-refractivity contribution in [1.82, 2.24) is 10.2 Å². The molecule has 180 valence electrons. The SMILES string of the molecule is CCCCNC(=O)C(C)N(Cc1cccc(Cl)c1)C(=O)CN(c1ccccc1Cl)S(C)(=O)=O. The van der Waals surface area contributed by atoms with E-state index >= 15 is 0 Å². The number of carbonyl (C=O) groups is 2. The Morgan fingerprint density at radius 3 is 2.39 bits per heavy atom. The zero-order valence-corrected chi connectivity index (χ0v) is 21.3. The molecule has 1 unspecified atom stereocenters. The number of unbranched alkanes of at least 4 members (excludes halogenated alkanes) is 1. The molecule has 2 rings (SSSR count). The van der Waals surface area contributed by atoms with Crippen molar-refractivity contribution in [3.8, 4) is 0 Å². The highest BCUT2D eigenvalue weighted by Gasteiger charge is 2.30. The minimum atomic E-state index is -3.83. The van der Waals surface area contributed by atoms with E-state index in [4.69, 9.17) is 23.2 Å². The van der Waals surface area contributed by atoms with Crippen LogP contribution in [-0.2, 0) is 26.2 Å². The number of amides is 2. The lowest BCUT2D eigenvalue weighted by Gasteiger charge is -2.31. The van der Waals surface area contributed by atoms with Crippen LogP contribution < -0.4 is 9.62 Å². The van der Waals surface area contributed by atoms with E-state index in [0.29, 0.717) is 17.1 Å². The summed E-state index contributed by atoms with van der Waals surface area (Å²) >= 11 is 12.3. The molecule has 2 aromatic carbocycles. The number of nitrogens with one attached hydrogen (secondary N) is 1. The Morgan fingerprint density at radius 1 is 1.09 bits per heavy atom. The van der Waals surface area contributed by atoms with Crippen molar-refractivity contribution in [3.63, 3.8) is 0 Å². The van der Waals surface area contributed by atoms with Crippen molar-refractivity contribution in [1.29, 1.82) is 0 Å². The summed E-state index contributed by atoms with van der Waals surface area (Å²) in [5, 5.41) is 3.52. The standard InChI is InChI=1S/C23H29Cl2N3O4S/c1-4-5-13-26-23(30)17(2)27(15-18-9-8-10-19(24)14-18)22(29)16-28(33(3,31)32)21-12-7-6-11-20(21)25/h6-12,14,17H,4-5,13,15-16H2,1-3H3,(H,26,30). The van der Waals surface area contributed by atoms with Crippen LogP contribution in [0.3, 0.4) is 0 Å². The van der Waals surface area contributed by atoms with Crippen LogP contribution in [0.1, 0.15) is 32.3 Å².